The van der Waals surface area contributed by atoms with Gasteiger partial charge in [-0.15, -0.1) is 0 Å². The van der Waals surface area contributed by atoms with Crippen LogP contribution in [-0.2, 0) is 11.3 Å². The number of amides is 1. The smallest absolute Gasteiger partial charge is 0.275 e. The number of rotatable bonds is 3. The molecule has 3 aromatic rings. The minimum Gasteiger partial charge on any atom is -0.338 e. The summed E-state index contributed by atoms with van der Waals surface area (Å²) in [6.07, 6.45) is 1.95. The summed E-state index contributed by atoms with van der Waals surface area (Å²) in [5.74, 6) is -0.266. The maximum atomic E-state index is 13.3. The Balaban J connectivity index is 1.82. The summed E-state index contributed by atoms with van der Waals surface area (Å²) >= 11 is 3.49. The molecule has 1 aliphatic heterocycles. The van der Waals surface area contributed by atoms with Crippen LogP contribution in [0, 0.1) is 6.57 Å². The zero-order valence-electron chi connectivity index (χ0n) is 15.1. The number of anilines is 1. The lowest BCUT2D eigenvalue weighted by Gasteiger charge is -2.21. The number of fused-ring (bicyclic) bond motifs is 2. The van der Waals surface area contributed by atoms with E-state index >= 15 is 0 Å². The molecule has 0 radical (unpaired) electrons. The Morgan fingerprint density at radius 1 is 1.14 bits per heavy atom. The first-order chi connectivity index (χ1) is 13.5. The summed E-state index contributed by atoms with van der Waals surface area (Å²) in [4.78, 5) is 30.0. The van der Waals surface area contributed by atoms with E-state index in [-0.39, 0.29) is 18.2 Å². The van der Waals surface area contributed by atoms with Crippen LogP contribution < -0.4 is 4.90 Å². The van der Waals surface area contributed by atoms with Gasteiger partial charge in [-0.3, -0.25) is 14.5 Å². The minimum absolute atomic E-state index is 0.0354. The fraction of sp³-hybridized carbons (Fsp3) is 0.136. The first kappa shape index (κ1) is 18.2. The van der Waals surface area contributed by atoms with Crippen LogP contribution in [0.2, 0.25) is 0 Å². The molecule has 2 aromatic carbocycles. The van der Waals surface area contributed by atoms with E-state index < -0.39 is 0 Å². The van der Waals surface area contributed by atoms with E-state index in [2.05, 4.69) is 20.8 Å². The Morgan fingerprint density at radius 2 is 1.89 bits per heavy atom. The molecule has 0 bridgehead atoms. The Morgan fingerprint density at radius 3 is 2.57 bits per heavy atom. The predicted octanol–water partition coefficient (Wildman–Crippen LogP) is 5.07. The highest BCUT2D eigenvalue weighted by atomic mass is 79.9. The highest BCUT2D eigenvalue weighted by molar-refractivity contribution is 9.10. The van der Waals surface area contributed by atoms with E-state index in [1.807, 2.05) is 47.2 Å². The van der Waals surface area contributed by atoms with E-state index in [0.717, 1.165) is 26.9 Å². The van der Waals surface area contributed by atoms with Gasteiger partial charge in [0.1, 0.15) is 11.5 Å². The van der Waals surface area contributed by atoms with Gasteiger partial charge < -0.3 is 4.57 Å². The number of ketones is 1. The number of carbonyl (C=O) groups is 2. The van der Waals surface area contributed by atoms with E-state index in [1.54, 1.807) is 17.0 Å². The molecule has 138 valence electrons. The number of Topliss-reactive ketones (excluding diaryl/α,β-unsaturated/α-hetero) is 1. The third-order valence-electron chi connectivity index (χ3n) is 4.74. The predicted molar refractivity (Wildman–Crippen MR) is 112 cm³/mol. The summed E-state index contributed by atoms with van der Waals surface area (Å²) < 4.78 is 2.85. The van der Waals surface area contributed by atoms with Crippen LogP contribution in [0.4, 0.5) is 11.4 Å². The molecule has 2 heterocycles. The highest BCUT2D eigenvalue weighted by Crippen LogP contribution is 2.33. The number of halogens is 1. The molecular formula is C22H16BrN3O2. The maximum Gasteiger partial charge on any atom is 0.275 e. The summed E-state index contributed by atoms with van der Waals surface area (Å²) in [6, 6.07) is 14.9. The molecule has 5 nitrogen and oxygen atoms in total. The first-order valence-electron chi connectivity index (χ1n) is 8.74. The number of benzene rings is 2. The standard InChI is InChI=1S/C22H16BrN3O2/c1-14(27)11-26-20-8-5-18(23)9-17(20)13-25-12-16(10-21(25)22(26)28)15-3-6-19(24-2)7-4-15/h3-10,12H,11,13H2,1H3. The van der Waals surface area contributed by atoms with Gasteiger partial charge in [-0.1, -0.05) is 40.2 Å². The second-order valence-corrected chi connectivity index (χ2v) is 7.68. The van der Waals surface area contributed by atoms with Gasteiger partial charge >= 0.3 is 0 Å². The molecule has 4 rings (SSSR count). The van der Waals surface area contributed by atoms with Gasteiger partial charge in [0.15, 0.2) is 5.69 Å². The zero-order valence-corrected chi connectivity index (χ0v) is 16.7. The monoisotopic (exact) mass is 433 g/mol. The van der Waals surface area contributed by atoms with Crippen LogP contribution in [-0.4, -0.2) is 22.8 Å². The lowest BCUT2D eigenvalue weighted by molar-refractivity contribution is -0.115. The van der Waals surface area contributed by atoms with E-state index in [9.17, 15) is 9.59 Å². The fourth-order valence-corrected chi connectivity index (χ4v) is 3.87. The third kappa shape index (κ3) is 3.25. The highest BCUT2D eigenvalue weighted by Gasteiger charge is 2.28. The quantitative estimate of drug-likeness (QED) is 0.541. The van der Waals surface area contributed by atoms with Crippen molar-refractivity contribution >= 4 is 39.0 Å². The summed E-state index contributed by atoms with van der Waals surface area (Å²) in [7, 11) is 0. The van der Waals surface area contributed by atoms with Crippen LogP contribution >= 0.6 is 15.9 Å². The van der Waals surface area contributed by atoms with Crippen LogP contribution in [0.1, 0.15) is 23.0 Å². The summed E-state index contributed by atoms with van der Waals surface area (Å²) in [5, 5.41) is 0. The lowest BCUT2D eigenvalue weighted by Crippen LogP contribution is -2.35. The normalized spacial score (nSPS) is 12.8. The second kappa shape index (κ2) is 7.10. The van der Waals surface area contributed by atoms with E-state index in [4.69, 9.17) is 6.57 Å². The fourth-order valence-electron chi connectivity index (χ4n) is 3.46. The number of carbonyl (C=O) groups excluding carboxylic acids is 2. The summed E-state index contributed by atoms with van der Waals surface area (Å²) in [6.45, 7) is 9.13. The molecule has 0 unspecified atom stereocenters. The van der Waals surface area contributed by atoms with Crippen molar-refractivity contribution in [1.29, 1.82) is 0 Å². The van der Waals surface area contributed by atoms with Crippen LogP contribution in [0.25, 0.3) is 16.0 Å². The molecule has 0 atom stereocenters. The molecule has 6 heteroatoms. The Kier molecular flexibility index (Phi) is 4.62. The Bertz CT molecular complexity index is 1140. The van der Waals surface area contributed by atoms with Gasteiger partial charge in [0, 0.05) is 28.5 Å². The van der Waals surface area contributed by atoms with Gasteiger partial charge in [0.2, 0.25) is 0 Å². The van der Waals surface area contributed by atoms with Crippen molar-refractivity contribution in [3.63, 3.8) is 0 Å². The SMILES string of the molecule is [C-]#[N+]c1ccc(-c2cc3n(c2)Cc2cc(Br)ccc2N(CC(C)=O)C3=O)cc1. The van der Waals surface area contributed by atoms with Crippen LogP contribution in [0.15, 0.2) is 59.2 Å². The third-order valence-corrected chi connectivity index (χ3v) is 5.24. The minimum atomic E-state index is -0.194. The van der Waals surface area contributed by atoms with Crippen molar-refractivity contribution in [3.05, 3.63) is 81.9 Å². The second-order valence-electron chi connectivity index (χ2n) is 6.77. The molecule has 0 aliphatic carbocycles. The molecule has 0 saturated carbocycles. The number of hydrogen-bond acceptors (Lipinski definition) is 2. The van der Waals surface area contributed by atoms with E-state index in [1.165, 1.54) is 6.92 Å². The summed E-state index contributed by atoms with van der Waals surface area (Å²) in [5.41, 5.74) is 4.68. The lowest BCUT2D eigenvalue weighted by atomic mass is 10.1. The molecule has 1 amide bonds. The Hall–Kier alpha value is -3.17. The van der Waals surface area contributed by atoms with Gasteiger partial charge in [-0.25, -0.2) is 4.85 Å². The number of nitrogens with zero attached hydrogens (tertiary/aromatic N) is 3. The van der Waals surface area contributed by atoms with Gasteiger partial charge in [-0.2, -0.15) is 0 Å². The van der Waals surface area contributed by atoms with Crippen molar-refractivity contribution in [2.45, 2.75) is 13.5 Å². The van der Waals surface area contributed by atoms with Gasteiger partial charge in [0.25, 0.3) is 5.91 Å². The zero-order chi connectivity index (χ0) is 19.8. The number of aromatic nitrogens is 1. The first-order valence-corrected chi connectivity index (χ1v) is 9.53. The molecule has 0 spiro atoms. The van der Waals surface area contributed by atoms with Gasteiger partial charge in [0.05, 0.1) is 13.1 Å². The molecule has 28 heavy (non-hydrogen) atoms. The van der Waals surface area contributed by atoms with E-state index in [0.29, 0.717) is 17.9 Å². The van der Waals surface area contributed by atoms with Crippen LogP contribution in [0.3, 0.4) is 0 Å². The molecule has 0 fully saturated rings. The van der Waals surface area contributed by atoms with Crippen molar-refractivity contribution in [3.8, 4) is 11.1 Å². The van der Waals surface area contributed by atoms with Crippen molar-refractivity contribution in [2.75, 3.05) is 11.4 Å². The average molecular weight is 434 g/mol. The molecule has 0 saturated heterocycles. The van der Waals surface area contributed by atoms with Crippen LogP contribution in [0.5, 0.6) is 0 Å². The molecule has 1 aliphatic rings. The van der Waals surface area contributed by atoms with Crippen molar-refractivity contribution < 1.29 is 9.59 Å². The molecule has 1 aromatic heterocycles. The van der Waals surface area contributed by atoms with Crippen molar-refractivity contribution in [1.82, 2.24) is 4.57 Å². The Labute approximate surface area is 171 Å². The van der Waals surface area contributed by atoms with Crippen molar-refractivity contribution in [2.24, 2.45) is 0 Å². The number of hydrogen-bond donors (Lipinski definition) is 0. The largest absolute Gasteiger partial charge is 0.338 e. The maximum absolute atomic E-state index is 13.3. The average Bonchev–Trinajstić information content (AvgIpc) is 3.06. The topological polar surface area (TPSA) is 46.7 Å². The molecule has 0 N–H and O–H groups in total. The molecular weight excluding hydrogens is 418 g/mol. The van der Waals surface area contributed by atoms with Gasteiger partial charge in [-0.05, 0) is 42.3 Å².